The van der Waals surface area contributed by atoms with E-state index in [0.29, 0.717) is 18.7 Å². The summed E-state index contributed by atoms with van der Waals surface area (Å²) in [6.45, 7) is 3.21. The summed E-state index contributed by atoms with van der Waals surface area (Å²) in [5.41, 5.74) is 5.18. The highest BCUT2D eigenvalue weighted by Crippen LogP contribution is 2.29. The van der Waals surface area contributed by atoms with Crippen molar-refractivity contribution in [1.82, 2.24) is 19.1 Å². The summed E-state index contributed by atoms with van der Waals surface area (Å²) < 4.78 is 3.98. The number of imidazole rings is 1. The number of hydrogen-bond acceptors (Lipinski definition) is 3. The van der Waals surface area contributed by atoms with Gasteiger partial charge in [0.05, 0.1) is 12.2 Å². The lowest BCUT2D eigenvalue weighted by molar-refractivity contribution is 0.728. The zero-order valence-electron chi connectivity index (χ0n) is 18.0. The second-order valence-corrected chi connectivity index (χ2v) is 7.81. The number of fused-ring (bicyclic) bond motifs is 1. The maximum Gasteiger partial charge on any atom is 0.350 e. The number of rotatable bonds is 6. The lowest BCUT2D eigenvalue weighted by Crippen LogP contribution is -2.26. The molecule has 32 heavy (non-hydrogen) atoms. The molecule has 5 aromatic rings. The van der Waals surface area contributed by atoms with Gasteiger partial charge in [-0.15, -0.1) is 0 Å². The second kappa shape index (κ2) is 8.63. The van der Waals surface area contributed by atoms with Crippen LogP contribution in [0.4, 0.5) is 0 Å². The first-order valence-corrected chi connectivity index (χ1v) is 10.9. The van der Waals surface area contributed by atoms with Crippen LogP contribution in [0.5, 0.6) is 0 Å². The van der Waals surface area contributed by atoms with Crippen LogP contribution in [0, 0.1) is 0 Å². The average Bonchev–Trinajstić information content (AvgIpc) is 3.18. The second-order valence-electron chi connectivity index (χ2n) is 7.81. The zero-order chi connectivity index (χ0) is 21.9. The van der Waals surface area contributed by atoms with Gasteiger partial charge in [-0.05, 0) is 11.1 Å². The monoisotopic (exact) mass is 420 g/mol. The lowest BCUT2D eigenvalue weighted by Gasteiger charge is -2.16. The molecule has 0 amide bonds. The van der Waals surface area contributed by atoms with Gasteiger partial charge in [0.2, 0.25) is 0 Å². The van der Waals surface area contributed by atoms with E-state index in [-0.39, 0.29) is 5.69 Å². The van der Waals surface area contributed by atoms with Crippen molar-refractivity contribution in [3.05, 3.63) is 118 Å². The topological polar surface area (TPSA) is 52.7 Å². The Morgan fingerprint density at radius 2 is 1.22 bits per heavy atom. The minimum atomic E-state index is -0.285. The molecule has 0 saturated carbocycles. The van der Waals surface area contributed by atoms with Crippen LogP contribution < -0.4 is 5.69 Å². The summed E-state index contributed by atoms with van der Waals surface area (Å²) >= 11 is 0. The SMILES string of the molecule is CCc1nc2nc(=O)n(Cc3ccccc3)c(-c3ccccc3)c2n1Cc1ccccc1. The van der Waals surface area contributed by atoms with E-state index in [1.54, 1.807) is 4.57 Å². The standard InChI is InChI=1S/C27H24N4O/c1-2-23-28-26-25(30(23)18-20-12-6-3-7-13-20)24(22-16-10-5-11-17-22)31(27(32)29-26)19-21-14-8-4-9-15-21/h3-17H,2,18-19H2,1H3. The molecular weight excluding hydrogens is 396 g/mol. The smallest absolute Gasteiger partial charge is 0.320 e. The molecule has 5 heteroatoms. The van der Waals surface area contributed by atoms with Crippen molar-refractivity contribution in [2.75, 3.05) is 0 Å². The quantitative estimate of drug-likeness (QED) is 0.392. The molecule has 5 nitrogen and oxygen atoms in total. The highest BCUT2D eigenvalue weighted by atomic mass is 16.1. The Balaban J connectivity index is 1.81. The normalized spacial score (nSPS) is 11.2. The highest BCUT2D eigenvalue weighted by molar-refractivity contribution is 5.88. The van der Waals surface area contributed by atoms with E-state index in [2.05, 4.69) is 28.6 Å². The predicted octanol–water partition coefficient (Wildman–Crippen LogP) is 4.92. The van der Waals surface area contributed by atoms with Gasteiger partial charge in [-0.25, -0.2) is 9.78 Å². The number of aromatic nitrogens is 4. The van der Waals surface area contributed by atoms with Crippen LogP contribution in [-0.4, -0.2) is 19.1 Å². The van der Waals surface area contributed by atoms with Gasteiger partial charge in [-0.2, -0.15) is 4.98 Å². The van der Waals surface area contributed by atoms with Gasteiger partial charge in [-0.3, -0.25) is 4.57 Å². The fourth-order valence-corrected chi connectivity index (χ4v) is 4.18. The number of hydrogen-bond donors (Lipinski definition) is 0. The van der Waals surface area contributed by atoms with Crippen molar-refractivity contribution in [3.8, 4) is 11.3 Å². The molecule has 3 aromatic carbocycles. The van der Waals surface area contributed by atoms with Gasteiger partial charge in [0, 0.05) is 18.5 Å². The first kappa shape index (κ1) is 19.9. The van der Waals surface area contributed by atoms with Crippen molar-refractivity contribution < 1.29 is 0 Å². The van der Waals surface area contributed by atoms with Crippen molar-refractivity contribution in [3.63, 3.8) is 0 Å². The Morgan fingerprint density at radius 3 is 1.78 bits per heavy atom. The molecule has 0 aliphatic rings. The Hall–Kier alpha value is -3.99. The lowest BCUT2D eigenvalue weighted by atomic mass is 10.1. The van der Waals surface area contributed by atoms with E-state index in [4.69, 9.17) is 4.98 Å². The summed E-state index contributed by atoms with van der Waals surface area (Å²) in [6, 6.07) is 30.4. The molecule has 0 aliphatic carbocycles. The summed E-state index contributed by atoms with van der Waals surface area (Å²) in [4.78, 5) is 22.4. The molecule has 2 heterocycles. The fourth-order valence-electron chi connectivity index (χ4n) is 4.18. The molecular formula is C27H24N4O. The van der Waals surface area contributed by atoms with Gasteiger partial charge in [0.15, 0.2) is 5.65 Å². The van der Waals surface area contributed by atoms with Gasteiger partial charge in [-0.1, -0.05) is 97.9 Å². The maximum absolute atomic E-state index is 13.2. The van der Waals surface area contributed by atoms with E-state index in [9.17, 15) is 4.79 Å². The Bertz CT molecular complexity index is 1400. The number of nitrogens with zero attached hydrogens (tertiary/aromatic N) is 4. The maximum atomic E-state index is 13.2. The van der Waals surface area contributed by atoms with E-state index >= 15 is 0 Å². The molecule has 158 valence electrons. The molecule has 0 atom stereocenters. The summed E-state index contributed by atoms with van der Waals surface area (Å²) in [5.74, 6) is 0.922. The van der Waals surface area contributed by atoms with Gasteiger partial charge >= 0.3 is 5.69 Å². The Labute approximate surface area is 186 Å². The number of aryl methyl sites for hydroxylation is 1. The van der Waals surface area contributed by atoms with Crippen molar-refractivity contribution in [2.24, 2.45) is 0 Å². The van der Waals surface area contributed by atoms with Crippen molar-refractivity contribution >= 4 is 11.2 Å². The van der Waals surface area contributed by atoms with Crippen LogP contribution in [0.3, 0.4) is 0 Å². The first-order valence-electron chi connectivity index (χ1n) is 10.9. The molecule has 0 radical (unpaired) electrons. The van der Waals surface area contributed by atoms with Gasteiger partial charge < -0.3 is 4.57 Å². The summed E-state index contributed by atoms with van der Waals surface area (Å²) in [6.07, 6.45) is 0.754. The molecule has 5 rings (SSSR count). The number of benzene rings is 3. The van der Waals surface area contributed by atoms with Crippen LogP contribution in [0.2, 0.25) is 0 Å². The summed E-state index contributed by atoms with van der Waals surface area (Å²) in [5, 5.41) is 0. The van der Waals surface area contributed by atoms with Crippen LogP contribution in [0.1, 0.15) is 23.9 Å². The molecule has 2 aromatic heterocycles. The van der Waals surface area contributed by atoms with Gasteiger partial charge in [0.25, 0.3) is 0 Å². The Kier molecular flexibility index (Phi) is 5.38. The average molecular weight is 421 g/mol. The Morgan fingerprint density at radius 1 is 0.688 bits per heavy atom. The fraction of sp³-hybridized carbons (Fsp3) is 0.148. The molecule has 0 unspecified atom stereocenters. The van der Waals surface area contributed by atoms with Gasteiger partial charge in [0.1, 0.15) is 11.3 Å². The van der Waals surface area contributed by atoms with Crippen molar-refractivity contribution in [1.29, 1.82) is 0 Å². The van der Waals surface area contributed by atoms with Crippen LogP contribution >= 0.6 is 0 Å². The minimum absolute atomic E-state index is 0.285. The predicted molar refractivity (Wildman–Crippen MR) is 128 cm³/mol. The highest BCUT2D eigenvalue weighted by Gasteiger charge is 2.21. The molecule has 0 bridgehead atoms. The van der Waals surface area contributed by atoms with E-state index in [1.165, 1.54) is 5.56 Å². The van der Waals surface area contributed by atoms with E-state index in [1.807, 2.05) is 78.9 Å². The van der Waals surface area contributed by atoms with E-state index < -0.39 is 0 Å². The third-order valence-electron chi connectivity index (χ3n) is 5.69. The minimum Gasteiger partial charge on any atom is -0.320 e. The zero-order valence-corrected chi connectivity index (χ0v) is 18.0. The molecule has 0 saturated heterocycles. The summed E-state index contributed by atoms with van der Waals surface area (Å²) in [7, 11) is 0. The van der Waals surface area contributed by atoms with Crippen molar-refractivity contribution in [2.45, 2.75) is 26.4 Å². The molecule has 0 spiro atoms. The third kappa shape index (κ3) is 3.73. The van der Waals surface area contributed by atoms with Crippen LogP contribution in [-0.2, 0) is 19.5 Å². The van der Waals surface area contributed by atoms with Crippen LogP contribution in [0.15, 0.2) is 95.8 Å². The van der Waals surface area contributed by atoms with E-state index in [0.717, 1.165) is 34.6 Å². The van der Waals surface area contributed by atoms with Crippen LogP contribution in [0.25, 0.3) is 22.4 Å². The molecule has 0 N–H and O–H groups in total. The molecule has 0 aliphatic heterocycles. The third-order valence-corrected chi connectivity index (χ3v) is 5.69. The first-order chi connectivity index (χ1) is 15.7. The largest absolute Gasteiger partial charge is 0.350 e. The molecule has 0 fully saturated rings.